The van der Waals surface area contributed by atoms with Crippen molar-refractivity contribution >= 4 is 34.1 Å². The molecule has 1 aromatic rings. The van der Waals surface area contributed by atoms with E-state index in [1.807, 2.05) is 6.92 Å². The Balaban J connectivity index is 2.01. The molecule has 2 rings (SSSR count). The summed E-state index contributed by atoms with van der Waals surface area (Å²) in [5, 5.41) is 12.0. The van der Waals surface area contributed by atoms with Gasteiger partial charge in [0.05, 0.1) is 15.8 Å². The van der Waals surface area contributed by atoms with Crippen LogP contribution in [0.4, 0.5) is 5.13 Å². The zero-order valence-electron chi connectivity index (χ0n) is 10.0. The highest BCUT2D eigenvalue weighted by atomic mass is 32.2. The molecule has 96 valence electrons. The summed E-state index contributed by atoms with van der Waals surface area (Å²) in [6.45, 7) is 1.80. The van der Waals surface area contributed by atoms with Gasteiger partial charge in [-0.25, -0.2) is 4.98 Å². The number of nitrogens with one attached hydrogen (secondary N) is 1. The van der Waals surface area contributed by atoms with Crippen LogP contribution >= 0.6 is 23.1 Å². The van der Waals surface area contributed by atoms with E-state index in [1.165, 1.54) is 11.3 Å². The van der Waals surface area contributed by atoms with E-state index in [0.29, 0.717) is 5.13 Å². The quantitative estimate of drug-likeness (QED) is 0.811. The van der Waals surface area contributed by atoms with E-state index < -0.39 is 0 Å². The number of hydrogen-bond acceptors (Lipinski definition) is 5. The van der Waals surface area contributed by atoms with Crippen LogP contribution in [0.15, 0.2) is 6.20 Å². The van der Waals surface area contributed by atoms with Gasteiger partial charge in [0.15, 0.2) is 5.13 Å². The zero-order valence-corrected chi connectivity index (χ0v) is 11.7. The summed E-state index contributed by atoms with van der Waals surface area (Å²) < 4.78 is -0.331. The van der Waals surface area contributed by atoms with E-state index >= 15 is 0 Å². The molecule has 2 heterocycles. The molecule has 6 heteroatoms. The minimum Gasteiger partial charge on any atom is -0.384 e. The smallest absolute Gasteiger partial charge is 0.242 e. The Morgan fingerprint density at radius 1 is 1.72 bits per heavy atom. The molecule has 1 aromatic heterocycles. The van der Waals surface area contributed by atoms with Crippen molar-refractivity contribution in [1.82, 2.24) is 4.98 Å². The van der Waals surface area contributed by atoms with Gasteiger partial charge in [0.25, 0.3) is 0 Å². The Labute approximate surface area is 114 Å². The van der Waals surface area contributed by atoms with Crippen LogP contribution in [0.2, 0.25) is 0 Å². The van der Waals surface area contributed by atoms with Gasteiger partial charge >= 0.3 is 0 Å². The van der Waals surface area contributed by atoms with E-state index in [0.717, 1.165) is 23.5 Å². The fourth-order valence-corrected chi connectivity index (χ4v) is 3.60. The van der Waals surface area contributed by atoms with Crippen LogP contribution < -0.4 is 5.32 Å². The predicted molar refractivity (Wildman–Crippen MR) is 74.8 cm³/mol. The predicted octanol–water partition coefficient (Wildman–Crippen LogP) is 1.71. The van der Waals surface area contributed by atoms with Crippen LogP contribution in [0.1, 0.15) is 24.6 Å². The third kappa shape index (κ3) is 3.05. The minimum atomic E-state index is -0.331. The number of nitrogens with zero attached hydrogens (tertiary/aromatic N) is 1. The van der Waals surface area contributed by atoms with Gasteiger partial charge in [-0.15, -0.1) is 11.8 Å². The van der Waals surface area contributed by atoms with Crippen LogP contribution in [0.5, 0.6) is 0 Å². The summed E-state index contributed by atoms with van der Waals surface area (Å²) in [4.78, 5) is 17.0. The van der Waals surface area contributed by atoms with Gasteiger partial charge in [0.1, 0.15) is 6.61 Å². The SMILES string of the molecule is CC1(C(=O)Nc2ncc(C#CCO)s2)CCCS1. The second-order valence-electron chi connectivity index (χ2n) is 4.13. The van der Waals surface area contributed by atoms with Crippen LogP contribution in [-0.2, 0) is 4.79 Å². The van der Waals surface area contributed by atoms with E-state index in [9.17, 15) is 4.79 Å². The average molecular weight is 282 g/mol. The number of anilines is 1. The maximum atomic E-state index is 12.1. The first-order valence-electron chi connectivity index (χ1n) is 5.65. The van der Waals surface area contributed by atoms with Gasteiger partial charge in [-0.2, -0.15) is 0 Å². The van der Waals surface area contributed by atoms with Crippen molar-refractivity contribution in [1.29, 1.82) is 0 Å². The molecule has 0 saturated carbocycles. The average Bonchev–Trinajstić information content (AvgIpc) is 2.97. The molecule has 1 atom stereocenters. The second kappa shape index (κ2) is 5.74. The summed E-state index contributed by atoms with van der Waals surface area (Å²) in [5.41, 5.74) is 0. The number of amides is 1. The van der Waals surface area contributed by atoms with Gasteiger partial charge in [-0.3, -0.25) is 4.79 Å². The third-order valence-corrected chi connectivity index (χ3v) is 5.06. The van der Waals surface area contributed by atoms with Crippen LogP contribution in [0.3, 0.4) is 0 Å². The Hall–Kier alpha value is -1.03. The monoisotopic (exact) mass is 282 g/mol. The summed E-state index contributed by atoms with van der Waals surface area (Å²) in [6.07, 6.45) is 3.60. The molecule has 18 heavy (non-hydrogen) atoms. The molecule has 0 aliphatic carbocycles. The lowest BCUT2D eigenvalue weighted by Crippen LogP contribution is -2.34. The number of aliphatic hydroxyl groups is 1. The standard InChI is InChI=1S/C12H14N2O2S2/c1-12(5-3-7-17-12)10(16)14-11-13-8-9(18-11)4-2-6-15/h8,15H,3,5-7H2,1H3,(H,13,14,16). The largest absolute Gasteiger partial charge is 0.384 e. The van der Waals surface area contributed by atoms with Crippen molar-refractivity contribution in [3.63, 3.8) is 0 Å². The number of aliphatic hydroxyl groups excluding tert-OH is 1. The number of carbonyl (C=O) groups excluding carboxylic acids is 1. The van der Waals surface area contributed by atoms with Crippen LogP contribution in [-0.4, -0.2) is 33.1 Å². The summed E-state index contributed by atoms with van der Waals surface area (Å²) in [5.74, 6) is 6.37. The van der Waals surface area contributed by atoms with Gasteiger partial charge in [0, 0.05) is 0 Å². The number of thiazole rings is 1. The molecule has 2 N–H and O–H groups in total. The van der Waals surface area contributed by atoms with Crippen LogP contribution in [0.25, 0.3) is 0 Å². The van der Waals surface area contributed by atoms with Gasteiger partial charge in [0.2, 0.25) is 5.91 Å². The fraction of sp³-hybridized carbons (Fsp3) is 0.500. The van der Waals surface area contributed by atoms with Crippen molar-refractivity contribution in [2.45, 2.75) is 24.5 Å². The van der Waals surface area contributed by atoms with Crippen LogP contribution in [0, 0.1) is 11.8 Å². The molecule has 1 unspecified atom stereocenters. The first kappa shape index (κ1) is 13.4. The number of rotatable bonds is 2. The normalized spacial score (nSPS) is 22.3. The molecule has 0 spiro atoms. The summed E-state index contributed by atoms with van der Waals surface area (Å²) in [7, 11) is 0. The molecule has 1 fully saturated rings. The topological polar surface area (TPSA) is 62.2 Å². The fourth-order valence-electron chi connectivity index (χ4n) is 1.70. The molecule has 1 aliphatic heterocycles. The highest BCUT2D eigenvalue weighted by Gasteiger charge is 2.37. The first-order valence-corrected chi connectivity index (χ1v) is 7.45. The first-order chi connectivity index (χ1) is 8.64. The molecule has 4 nitrogen and oxygen atoms in total. The molecule has 1 saturated heterocycles. The lowest BCUT2D eigenvalue weighted by molar-refractivity contribution is -0.118. The number of aromatic nitrogens is 1. The molecule has 1 aliphatic rings. The lowest BCUT2D eigenvalue weighted by Gasteiger charge is -2.20. The zero-order chi connectivity index (χ0) is 13.0. The molecule has 0 radical (unpaired) electrons. The number of thioether (sulfide) groups is 1. The van der Waals surface area contributed by atoms with Gasteiger partial charge in [-0.05, 0) is 25.5 Å². The minimum absolute atomic E-state index is 0.0148. The van der Waals surface area contributed by atoms with Crippen molar-refractivity contribution in [2.75, 3.05) is 17.7 Å². The third-order valence-electron chi connectivity index (χ3n) is 2.72. The highest BCUT2D eigenvalue weighted by molar-refractivity contribution is 8.01. The van der Waals surface area contributed by atoms with E-state index in [2.05, 4.69) is 22.1 Å². The van der Waals surface area contributed by atoms with Gasteiger partial charge < -0.3 is 10.4 Å². The van der Waals surface area contributed by atoms with Crippen molar-refractivity contribution in [2.24, 2.45) is 0 Å². The van der Waals surface area contributed by atoms with Crippen molar-refractivity contribution in [3.8, 4) is 11.8 Å². The Morgan fingerprint density at radius 3 is 3.22 bits per heavy atom. The molecular formula is C12H14N2O2S2. The highest BCUT2D eigenvalue weighted by Crippen LogP contribution is 2.38. The van der Waals surface area contributed by atoms with E-state index in [4.69, 9.17) is 5.11 Å². The lowest BCUT2D eigenvalue weighted by atomic mass is 10.1. The number of carbonyl (C=O) groups is 1. The molecular weight excluding hydrogens is 268 g/mol. The second-order valence-corrected chi connectivity index (χ2v) is 6.76. The van der Waals surface area contributed by atoms with Crippen molar-refractivity contribution < 1.29 is 9.90 Å². The Morgan fingerprint density at radius 2 is 2.56 bits per heavy atom. The molecule has 0 aromatic carbocycles. The van der Waals surface area contributed by atoms with Gasteiger partial charge in [-0.1, -0.05) is 23.2 Å². The van der Waals surface area contributed by atoms with E-state index in [-0.39, 0.29) is 17.3 Å². The van der Waals surface area contributed by atoms with E-state index in [1.54, 1.807) is 18.0 Å². The van der Waals surface area contributed by atoms with Crippen molar-refractivity contribution in [3.05, 3.63) is 11.1 Å². The molecule has 1 amide bonds. The maximum Gasteiger partial charge on any atom is 0.242 e. The Bertz CT molecular complexity index is 496. The maximum absolute atomic E-state index is 12.1. The Kier molecular flexibility index (Phi) is 4.27. The summed E-state index contributed by atoms with van der Waals surface area (Å²) >= 11 is 3.02. The molecule has 0 bridgehead atoms. The summed E-state index contributed by atoms with van der Waals surface area (Å²) in [6, 6.07) is 0. The number of hydrogen-bond donors (Lipinski definition) is 2.